The predicted octanol–water partition coefficient (Wildman–Crippen LogP) is 14.9. The second-order valence-electron chi connectivity index (χ2n) is 16.3. The molecule has 0 saturated heterocycles. The fourth-order valence-electron chi connectivity index (χ4n) is 9.92. The third-order valence-corrected chi connectivity index (χ3v) is 12.7. The van der Waals surface area contributed by atoms with Gasteiger partial charge in [-0.3, -0.25) is 0 Å². The molecule has 1 aliphatic carbocycles. The van der Waals surface area contributed by atoms with Crippen molar-refractivity contribution in [1.82, 2.24) is 15.0 Å². The highest BCUT2D eigenvalue weighted by Gasteiger charge is 2.51. The molecule has 0 unspecified atom stereocenters. The molecule has 2 aromatic heterocycles. The number of allylic oxidation sites excluding steroid dienone is 5. The van der Waals surface area contributed by atoms with Crippen molar-refractivity contribution < 1.29 is 9.15 Å². The molecule has 64 heavy (non-hydrogen) atoms. The number of hydrogen-bond acceptors (Lipinski definition) is 5. The zero-order chi connectivity index (χ0) is 42.8. The summed E-state index contributed by atoms with van der Waals surface area (Å²) in [5, 5.41) is 2.20. The highest BCUT2D eigenvalue weighted by atomic mass is 16.5. The Labute approximate surface area is 371 Å². The highest BCUT2D eigenvalue weighted by molar-refractivity contribution is 6.09. The van der Waals surface area contributed by atoms with Crippen molar-refractivity contribution in [2.75, 3.05) is 0 Å². The Kier molecular flexibility index (Phi) is 8.70. The summed E-state index contributed by atoms with van der Waals surface area (Å²) in [6, 6.07) is 65.5. The van der Waals surface area contributed by atoms with Crippen LogP contribution in [0.15, 0.2) is 217 Å². The van der Waals surface area contributed by atoms with E-state index >= 15 is 0 Å². The summed E-state index contributed by atoms with van der Waals surface area (Å²) < 4.78 is 13.4. The molecule has 5 nitrogen and oxygen atoms in total. The first kappa shape index (κ1) is 37.4. The summed E-state index contributed by atoms with van der Waals surface area (Å²) in [7, 11) is 0. The predicted molar refractivity (Wildman–Crippen MR) is 259 cm³/mol. The van der Waals surface area contributed by atoms with Crippen molar-refractivity contribution in [2.24, 2.45) is 0 Å². The quantitative estimate of drug-likeness (QED) is 0.150. The molecule has 2 aliphatic rings. The number of nitrogens with zero attached hydrogens (tertiary/aromatic N) is 3. The molecular weight excluding hydrogens is 783 g/mol. The number of aromatic nitrogens is 3. The minimum atomic E-state index is -0.576. The van der Waals surface area contributed by atoms with Gasteiger partial charge in [-0.15, -0.1) is 0 Å². The first-order chi connectivity index (χ1) is 31.6. The van der Waals surface area contributed by atoms with Crippen LogP contribution in [0.5, 0.6) is 11.5 Å². The lowest BCUT2D eigenvalue weighted by Crippen LogP contribution is -2.32. The van der Waals surface area contributed by atoms with Gasteiger partial charge in [0, 0.05) is 44.2 Å². The number of rotatable bonds is 7. The van der Waals surface area contributed by atoms with Crippen molar-refractivity contribution in [3.05, 3.63) is 247 Å². The minimum Gasteiger partial charge on any atom is -0.456 e. The monoisotopic (exact) mass is 821 g/mol. The molecule has 302 valence electrons. The molecule has 0 bridgehead atoms. The van der Waals surface area contributed by atoms with E-state index in [2.05, 4.69) is 159 Å². The van der Waals surface area contributed by atoms with Crippen molar-refractivity contribution in [3.63, 3.8) is 0 Å². The Morgan fingerprint density at radius 2 is 1.09 bits per heavy atom. The molecule has 10 aromatic rings. The summed E-state index contributed by atoms with van der Waals surface area (Å²) in [5.41, 5.74) is 15.0. The van der Waals surface area contributed by atoms with E-state index in [1.807, 2.05) is 60.7 Å². The number of furan rings is 1. The van der Waals surface area contributed by atoms with E-state index in [4.69, 9.17) is 24.1 Å². The molecule has 8 aromatic carbocycles. The standard InChI is InChI=1S/C59H39N3O2/c1-3-17-41(43-24-16-29-51-55(43)64-53-31-14-12-28-50(53)59(51)48-26-10-7-20-44(48)45-21-8-11-27-49(45)59)36-37(2)56-60-57(39-18-5-4-6-19-39)62-58(61-56)40-34-32-38(33-35-40)42-23-15-25-47-46-22-9-13-30-52(46)63-54(42)47/h3-36H,1H2,2H3/b37-36+,41-17+. The number of benzene rings is 8. The summed E-state index contributed by atoms with van der Waals surface area (Å²) in [6.45, 7) is 6.21. The van der Waals surface area contributed by atoms with Gasteiger partial charge in [0.25, 0.3) is 0 Å². The normalized spacial score (nSPS) is 13.6. The molecule has 0 fully saturated rings. The molecule has 0 atom stereocenters. The number of fused-ring (bicyclic) bond motifs is 12. The summed E-state index contributed by atoms with van der Waals surface area (Å²) in [4.78, 5) is 15.3. The van der Waals surface area contributed by atoms with E-state index in [9.17, 15) is 0 Å². The van der Waals surface area contributed by atoms with Crippen LogP contribution in [0.2, 0.25) is 0 Å². The van der Waals surface area contributed by atoms with E-state index in [0.29, 0.717) is 17.5 Å². The third kappa shape index (κ3) is 5.75. The lowest BCUT2D eigenvalue weighted by Gasteiger charge is -2.40. The van der Waals surface area contributed by atoms with Crippen molar-refractivity contribution >= 4 is 33.1 Å². The Bertz CT molecular complexity index is 3520. The van der Waals surface area contributed by atoms with Gasteiger partial charge in [-0.2, -0.15) is 0 Å². The SMILES string of the molecule is C=C/C=C(\C=C(/C)c1nc(-c2ccccc2)nc(-c2ccc(-c3cccc4c3oc3ccccc34)cc2)n1)c1cccc2c1Oc1ccccc1C21c2ccccc2-c2ccccc21. The van der Waals surface area contributed by atoms with Crippen LogP contribution in [-0.2, 0) is 5.41 Å². The third-order valence-electron chi connectivity index (χ3n) is 12.7. The molecular formula is C59H39N3O2. The van der Waals surface area contributed by atoms with E-state index in [1.54, 1.807) is 0 Å². The van der Waals surface area contributed by atoms with Crippen LogP contribution in [0.25, 0.3) is 78.1 Å². The topological polar surface area (TPSA) is 61.0 Å². The maximum Gasteiger partial charge on any atom is 0.164 e. The second-order valence-corrected chi connectivity index (χ2v) is 16.3. The molecule has 5 heteroatoms. The maximum atomic E-state index is 7.02. The molecule has 0 amide bonds. The Morgan fingerprint density at radius 3 is 1.84 bits per heavy atom. The lowest BCUT2D eigenvalue weighted by atomic mass is 9.65. The van der Waals surface area contributed by atoms with Gasteiger partial charge in [0.15, 0.2) is 17.5 Å². The van der Waals surface area contributed by atoms with E-state index < -0.39 is 5.41 Å². The lowest BCUT2D eigenvalue weighted by molar-refractivity contribution is 0.435. The first-order valence-corrected chi connectivity index (χ1v) is 21.5. The van der Waals surface area contributed by atoms with Gasteiger partial charge in [0.05, 0.1) is 5.41 Å². The van der Waals surface area contributed by atoms with Crippen molar-refractivity contribution in [1.29, 1.82) is 0 Å². The average Bonchev–Trinajstić information content (AvgIpc) is 3.88. The molecule has 1 aliphatic heterocycles. The zero-order valence-electron chi connectivity index (χ0n) is 35.0. The summed E-state index contributed by atoms with van der Waals surface area (Å²) >= 11 is 0. The van der Waals surface area contributed by atoms with Crippen LogP contribution in [0.3, 0.4) is 0 Å². The number of hydrogen-bond donors (Lipinski definition) is 0. The van der Waals surface area contributed by atoms with Crippen LogP contribution in [0.4, 0.5) is 0 Å². The van der Waals surface area contributed by atoms with Crippen molar-refractivity contribution in [2.45, 2.75) is 12.3 Å². The van der Waals surface area contributed by atoms with Gasteiger partial charge in [0.1, 0.15) is 22.7 Å². The van der Waals surface area contributed by atoms with E-state index in [-0.39, 0.29) is 0 Å². The fraction of sp³-hybridized carbons (Fsp3) is 0.0339. The van der Waals surface area contributed by atoms with Gasteiger partial charge in [-0.25, -0.2) is 15.0 Å². The van der Waals surface area contributed by atoms with E-state index in [0.717, 1.165) is 83.5 Å². The van der Waals surface area contributed by atoms with Crippen LogP contribution in [-0.4, -0.2) is 15.0 Å². The number of ether oxygens (including phenoxy) is 1. The van der Waals surface area contributed by atoms with Crippen LogP contribution in [0.1, 0.15) is 40.6 Å². The van der Waals surface area contributed by atoms with Crippen LogP contribution < -0.4 is 4.74 Å². The molecule has 0 saturated carbocycles. The van der Waals surface area contributed by atoms with Gasteiger partial charge < -0.3 is 9.15 Å². The highest BCUT2D eigenvalue weighted by Crippen LogP contribution is 2.62. The molecule has 0 radical (unpaired) electrons. The molecule has 0 N–H and O–H groups in total. The van der Waals surface area contributed by atoms with Crippen LogP contribution >= 0.6 is 0 Å². The summed E-state index contributed by atoms with van der Waals surface area (Å²) in [5.74, 6) is 3.39. The maximum absolute atomic E-state index is 7.02. The Hall–Kier alpha value is -8.41. The largest absolute Gasteiger partial charge is 0.456 e. The first-order valence-electron chi connectivity index (χ1n) is 21.5. The van der Waals surface area contributed by atoms with Crippen LogP contribution in [0, 0.1) is 0 Å². The fourth-order valence-corrected chi connectivity index (χ4v) is 9.92. The zero-order valence-corrected chi connectivity index (χ0v) is 35.0. The average molecular weight is 822 g/mol. The second kappa shape index (κ2) is 14.9. The van der Waals surface area contributed by atoms with E-state index in [1.165, 1.54) is 22.3 Å². The van der Waals surface area contributed by atoms with Gasteiger partial charge >= 0.3 is 0 Å². The minimum absolute atomic E-state index is 0.570. The smallest absolute Gasteiger partial charge is 0.164 e. The summed E-state index contributed by atoms with van der Waals surface area (Å²) in [6.07, 6.45) is 6.00. The van der Waals surface area contributed by atoms with Crippen molar-refractivity contribution in [3.8, 4) is 56.5 Å². The Morgan fingerprint density at radius 1 is 0.516 bits per heavy atom. The molecule has 12 rings (SSSR count). The molecule has 1 spiro atoms. The molecule has 3 heterocycles. The Balaban J connectivity index is 0.978. The number of para-hydroxylation sites is 4. The van der Waals surface area contributed by atoms with Gasteiger partial charge in [-0.05, 0) is 64.1 Å². The van der Waals surface area contributed by atoms with Gasteiger partial charge in [-0.1, -0.05) is 195 Å². The van der Waals surface area contributed by atoms with Gasteiger partial charge in [0.2, 0.25) is 0 Å².